The summed E-state index contributed by atoms with van der Waals surface area (Å²) >= 11 is 0. The van der Waals surface area contributed by atoms with Crippen molar-refractivity contribution in [3.8, 4) is 0 Å². The van der Waals surface area contributed by atoms with Crippen LogP contribution >= 0.6 is 0 Å². The molecular formula is C17H23N7O2S. The molecule has 27 heavy (non-hydrogen) atoms. The van der Waals surface area contributed by atoms with Gasteiger partial charge >= 0.3 is 0 Å². The molecule has 0 aromatic carbocycles. The zero-order valence-corrected chi connectivity index (χ0v) is 16.1. The molecule has 0 bridgehead atoms. The minimum absolute atomic E-state index is 0.0794. The summed E-state index contributed by atoms with van der Waals surface area (Å²) in [5.41, 5.74) is 0. The third-order valence-corrected chi connectivity index (χ3v) is 6.62. The van der Waals surface area contributed by atoms with Crippen LogP contribution in [0.3, 0.4) is 0 Å². The first kappa shape index (κ1) is 17.9. The highest BCUT2D eigenvalue weighted by Crippen LogP contribution is 2.21. The number of aromatic nitrogens is 4. The monoisotopic (exact) mass is 389 g/mol. The first-order chi connectivity index (χ1) is 13.0. The van der Waals surface area contributed by atoms with Gasteiger partial charge in [0.05, 0.1) is 11.5 Å². The van der Waals surface area contributed by atoms with Crippen LogP contribution in [0.5, 0.6) is 0 Å². The average molecular weight is 389 g/mol. The largest absolute Gasteiger partial charge is 0.366 e. The zero-order chi connectivity index (χ0) is 18.9. The molecule has 2 aliphatic rings. The quantitative estimate of drug-likeness (QED) is 0.800. The minimum Gasteiger partial charge on any atom is -0.366 e. The Labute approximate surface area is 158 Å². The highest BCUT2D eigenvalue weighted by Gasteiger charge is 2.28. The van der Waals surface area contributed by atoms with Gasteiger partial charge in [-0.25, -0.2) is 28.4 Å². The Bertz CT molecular complexity index is 899. The molecule has 0 amide bonds. The summed E-state index contributed by atoms with van der Waals surface area (Å²) in [4.78, 5) is 22.0. The van der Waals surface area contributed by atoms with Crippen LogP contribution in [0.15, 0.2) is 24.5 Å². The number of nitrogens with one attached hydrogen (secondary N) is 1. The third kappa shape index (κ3) is 4.26. The number of rotatable bonds is 4. The van der Waals surface area contributed by atoms with E-state index in [0.29, 0.717) is 18.1 Å². The predicted octanol–water partition coefficient (Wildman–Crippen LogP) is 0.501. The number of sulfone groups is 1. The van der Waals surface area contributed by atoms with E-state index in [2.05, 4.69) is 35.1 Å². The Hall–Kier alpha value is -2.49. The Morgan fingerprint density at radius 1 is 1.07 bits per heavy atom. The molecule has 144 valence electrons. The number of hydrogen-bond donors (Lipinski definition) is 1. The smallest absolute Gasteiger partial charge is 0.225 e. The molecule has 2 aliphatic heterocycles. The second-order valence-corrected chi connectivity index (χ2v) is 9.15. The van der Waals surface area contributed by atoms with E-state index in [1.54, 1.807) is 12.4 Å². The summed E-state index contributed by atoms with van der Waals surface area (Å²) in [6.45, 7) is 5.11. The van der Waals surface area contributed by atoms with Crippen LogP contribution in [0, 0.1) is 6.92 Å². The maximum absolute atomic E-state index is 11.7. The molecule has 4 heterocycles. The summed E-state index contributed by atoms with van der Waals surface area (Å²) in [6, 6.07) is 3.64. The van der Waals surface area contributed by atoms with Gasteiger partial charge in [0.15, 0.2) is 9.84 Å². The SMILES string of the molecule is Cc1nc(NC2CCS(=O)(=O)C2)cc(N2CCN(c3ncccn3)CC2)n1. The van der Waals surface area contributed by atoms with E-state index in [9.17, 15) is 8.42 Å². The lowest BCUT2D eigenvalue weighted by atomic mass is 10.2. The van der Waals surface area contributed by atoms with Crippen molar-refractivity contribution in [2.24, 2.45) is 0 Å². The van der Waals surface area contributed by atoms with Crippen LogP contribution in [-0.4, -0.2) is 72.1 Å². The summed E-state index contributed by atoms with van der Waals surface area (Å²) < 4.78 is 23.3. The molecule has 0 spiro atoms. The van der Waals surface area contributed by atoms with E-state index in [-0.39, 0.29) is 17.5 Å². The van der Waals surface area contributed by atoms with E-state index in [0.717, 1.165) is 37.9 Å². The van der Waals surface area contributed by atoms with Gasteiger partial charge in [-0.1, -0.05) is 0 Å². The molecule has 2 saturated heterocycles. The van der Waals surface area contributed by atoms with E-state index < -0.39 is 9.84 Å². The predicted molar refractivity (Wildman–Crippen MR) is 104 cm³/mol. The lowest BCUT2D eigenvalue weighted by Crippen LogP contribution is -2.47. The molecule has 1 atom stereocenters. The number of aryl methyl sites for hydroxylation is 1. The van der Waals surface area contributed by atoms with Gasteiger partial charge in [0.2, 0.25) is 5.95 Å². The first-order valence-electron chi connectivity index (χ1n) is 9.08. The standard InChI is InChI=1S/C17H23N7O2S/c1-13-20-15(22-14-3-10-27(25,26)12-14)11-16(21-13)23-6-8-24(9-7-23)17-18-4-2-5-19-17/h2,4-5,11,14H,3,6-10,12H2,1H3,(H,20,21,22). The Morgan fingerprint density at radius 2 is 1.78 bits per heavy atom. The van der Waals surface area contributed by atoms with E-state index in [1.807, 2.05) is 19.1 Å². The van der Waals surface area contributed by atoms with Crippen LogP contribution in [0.2, 0.25) is 0 Å². The molecule has 2 aromatic heterocycles. The highest BCUT2D eigenvalue weighted by atomic mass is 32.2. The van der Waals surface area contributed by atoms with Crippen LogP contribution in [0.25, 0.3) is 0 Å². The van der Waals surface area contributed by atoms with Gasteiger partial charge in [-0.3, -0.25) is 0 Å². The molecule has 0 radical (unpaired) electrons. The maximum atomic E-state index is 11.7. The number of piperazine rings is 1. The van der Waals surface area contributed by atoms with Gasteiger partial charge in [-0.2, -0.15) is 0 Å². The summed E-state index contributed by atoms with van der Waals surface area (Å²) in [5, 5.41) is 3.26. The minimum atomic E-state index is -2.92. The second kappa shape index (κ2) is 7.26. The average Bonchev–Trinajstić information content (AvgIpc) is 3.00. The van der Waals surface area contributed by atoms with Crippen molar-refractivity contribution in [3.05, 3.63) is 30.4 Å². The molecule has 2 fully saturated rings. The Kier molecular flexibility index (Phi) is 4.81. The Morgan fingerprint density at radius 3 is 2.44 bits per heavy atom. The molecule has 1 unspecified atom stereocenters. The normalized spacial score (nSPS) is 22.0. The van der Waals surface area contributed by atoms with Crippen LogP contribution in [-0.2, 0) is 9.84 Å². The van der Waals surface area contributed by atoms with Crippen molar-refractivity contribution in [1.82, 2.24) is 19.9 Å². The summed E-state index contributed by atoms with van der Waals surface area (Å²) in [7, 11) is -2.92. The van der Waals surface area contributed by atoms with Crippen LogP contribution in [0.1, 0.15) is 12.2 Å². The first-order valence-corrected chi connectivity index (χ1v) is 10.9. The fraction of sp³-hybridized carbons (Fsp3) is 0.529. The molecule has 2 aromatic rings. The zero-order valence-electron chi connectivity index (χ0n) is 15.2. The van der Waals surface area contributed by atoms with E-state index in [4.69, 9.17) is 0 Å². The van der Waals surface area contributed by atoms with Crippen molar-refractivity contribution < 1.29 is 8.42 Å². The lowest BCUT2D eigenvalue weighted by Gasteiger charge is -2.35. The summed E-state index contributed by atoms with van der Waals surface area (Å²) in [5.74, 6) is 3.38. The van der Waals surface area contributed by atoms with E-state index in [1.165, 1.54) is 0 Å². The van der Waals surface area contributed by atoms with Gasteiger partial charge in [0, 0.05) is 50.7 Å². The van der Waals surface area contributed by atoms with Crippen LogP contribution < -0.4 is 15.1 Å². The highest BCUT2D eigenvalue weighted by molar-refractivity contribution is 7.91. The molecule has 1 N–H and O–H groups in total. The topological polar surface area (TPSA) is 104 Å². The van der Waals surface area contributed by atoms with Crippen LogP contribution in [0.4, 0.5) is 17.6 Å². The molecule has 4 rings (SSSR count). The number of hydrogen-bond acceptors (Lipinski definition) is 9. The maximum Gasteiger partial charge on any atom is 0.225 e. The lowest BCUT2D eigenvalue weighted by molar-refractivity contribution is 0.602. The molecule has 0 aliphatic carbocycles. The number of nitrogens with zero attached hydrogens (tertiary/aromatic N) is 6. The van der Waals surface area contributed by atoms with Crippen molar-refractivity contribution in [1.29, 1.82) is 0 Å². The fourth-order valence-electron chi connectivity index (χ4n) is 3.50. The van der Waals surface area contributed by atoms with Gasteiger partial charge in [0.1, 0.15) is 17.5 Å². The van der Waals surface area contributed by atoms with Crippen molar-refractivity contribution in [2.45, 2.75) is 19.4 Å². The van der Waals surface area contributed by atoms with Gasteiger partial charge in [0.25, 0.3) is 0 Å². The second-order valence-electron chi connectivity index (χ2n) is 6.93. The van der Waals surface area contributed by atoms with Crippen molar-refractivity contribution in [3.63, 3.8) is 0 Å². The molecule has 9 nitrogen and oxygen atoms in total. The van der Waals surface area contributed by atoms with Gasteiger partial charge in [-0.05, 0) is 19.4 Å². The Balaban J connectivity index is 1.43. The van der Waals surface area contributed by atoms with Crippen molar-refractivity contribution in [2.75, 3.05) is 52.8 Å². The fourth-order valence-corrected chi connectivity index (χ4v) is 5.17. The number of anilines is 3. The van der Waals surface area contributed by atoms with Gasteiger partial charge < -0.3 is 15.1 Å². The molecule has 10 heteroatoms. The third-order valence-electron chi connectivity index (χ3n) is 4.85. The molecular weight excluding hydrogens is 366 g/mol. The van der Waals surface area contributed by atoms with Crippen molar-refractivity contribution >= 4 is 27.4 Å². The molecule has 0 saturated carbocycles. The van der Waals surface area contributed by atoms with Gasteiger partial charge in [-0.15, -0.1) is 0 Å². The van der Waals surface area contributed by atoms with E-state index >= 15 is 0 Å². The summed E-state index contributed by atoms with van der Waals surface area (Å²) in [6.07, 6.45) is 4.13.